The first-order chi connectivity index (χ1) is 9.06. The highest BCUT2D eigenvalue weighted by molar-refractivity contribution is 5.58. The van der Waals surface area contributed by atoms with Crippen molar-refractivity contribution >= 4 is 11.4 Å². The molecule has 0 saturated heterocycles. The smallest absolute Gasteiger partial charge is 0.0400 e. The topological polar surface area (TPSA) is 38.0 Å². The van der Waals surface area contributed by atoms with Crippen molar-refractivity contribution in [1.29, 1.82) is 0 Å². The van der Waals surface area contributed by atoms with Gasteiger partial charge in [0.05, 0.1) is 0 Å². The van der Waals surface area contributed by atoms with E-state index in [1.54, 1.807) is 0 Å². The summed E-state index contributed by atoms with van der Waals surface area (Å²) in [5.41, 5.74) is 11.6. The highest BCUT2D eigenvalue weighted by Crippen LogP contribution is 2.18. The van der Waals surface area contributed by atoms with Crippen molar-refractivity contribution in [2.45, 2.75) is 33.2 Å². The minimum absolute atomic E-state index is 0.582. The minimum Gasteiger partial charge on any atom is -0.398 e. The van der Waals surface area contributed by atoms with E-state index < -0.39 is 0 Å². The van der Waals surface area contributed by atoms with Gasteiger partial charge in [-0.05, 0) is 41.7 Å². The van der Waals surface area contributed by atoms with Gasteiger partial charge >= 0.3 is 0 Å². The predicted molar refractivity (Wildman–Crippen MR) is 83.4 cm³/mol. The lowest BCUT2D eigenvalue weighted by molar-refractivity contribution is 0.865. The van der Waals surface area contributed by atoms with Crippen molar-refractivity contribution in [2.24, 2.45) is 0 Å². The fraction of sp³-hybridized carbons (Fsp3) is 0.294. The average Bonchev–Trinajstić information content (AvgIpc) is 2.40. The van der Waals surface area contributed by atoms with Gasteiger partial charge in [-0.15, -0.1) is 0 Å². The van der Waals surface area contributed by atoms with Crippen molar-refractivity contribution in [2.75, 3.05) is 11.1 Å². The van der Waals surface area contributed by atoms with Gasteiger partial charge in [0.2, 0.25) is 0 Å². The number of nitrogens with two attached hydrogens (primary N) is 1. The molecule has 0 amide bonds. The van der Waals surface area contributed by atoms with Gasteiger partial charge in [0.25, 0.3) is 0 Å². The lowest BCUT2D eigenvalue weighted by Crippen LogP contribution is -2.01. The first-order valence-corrected chi connectivity index (χ1v) is 6.75. The van der Waals surface area contributed by atoms with E-state index in [2.05, 4.69) is 49.5 Å². The lowest BCUT2D eigenvalue weighted by Gasteiger charge is -2.10. The molecule has 2 aromatic rings. The number of benzene rings is 2. The Bertz CT molecular complexity index is 542. The Kier molecular flexibility index (Phi) is 4.10. The molecule has 0 spiro atoms. The molecule has 2 aromatic carbocycles. The fourth-order valence-electron chi connectivity index (χ4n) is 1.97. The average molecular weight is 254 g/mol. The predicted octanol–water partition coefficient (Wildman–Crippen LogP) is 4.31. The summed E-state index contributed by atoms with van der Waals surface area (Å²) in [5, 5.41) is 3.40. The first-order valence-electron chi connectivity index (χ1n) is 6.75. The van der Waals surface area contributed by atoms with Gasteiger partial charge in [-0.2, -0.15) is 0 Å². The van der Waals surface area contributed by atoms with Crippen LogP contribution < -0.4 is 11.1 Å². The van der Waals surface area contributed by atoms with Crippen molar-refractivity contribution < 1.29 is 0 Å². The van der Waals surface area contributed by atoms with E-state index in [0.29, 0.717) is 5.92 Å². The molecule has 0 unspecified atom stereocenters. The van der Waals surface area contributed by atoms with E-state index in [1.807, 2.05) is 19.1 Å². The molecule has 0 heterocycles. The highest BCUT2D eigenvalue weighted by atomic mass is 14.9. The van der Waals surface area contributed by atoms with Crippen LogP contribution in [0.25, 0.3) is 0 Å². The Morgan fingerprint density at radius 2 is 1.74 bits per heavy atom. The van der Waals surface area contributed by atoms with E-state index in [9.17, 15) is 0 Å². The maximum atomic E-state index is 5.90. The van der Waals surface area contributed by atoms with Gasteiger partial charge in [-0.1, -0.05) is 44.2 Å². The number of hydrogen-bond donors (Lipinski definition) is 2. The van der Waals surface area contributed by atoms with Crippen LogP contribution in [0.15, 0.2) is 42.5 Å². The Morgan fingerprint density at radius 3 is 2.32 bits per heavy atom. The third kappa shape index (κ3) is 3.50. The van der Waals surface area contributed by atoms with Crippen LogP contribution >= 0.6 is 0 Å². The van der Waals surface area contributed by atoms with Gasteiger partial charge in [-0.25, -0.2) is 0 Å². The summed E-state index contributed by atoms with van der Waals surface area (Å²) in [6.45, 7) is 7.26. The van der Waals surface area contributed by atoms with Crippen LogP contribution in [0.2, 0.25) is 0 Å². The molecule has 0 aliphatic carbocycles. The second kappa shape index (κ2) is 5.79. The quantitative estimate of drug-likeness (QED) is 0.798. The van der Waals surface area contributed by atoms with Crippen LogP contribution in [0.3, 0.4) is 0 Å². The molecule has 2 heteroatoms. The molecule has 2 rings (SSSR count). The van der Waals surface area contributed by atoms with Gasteiger partial charge in [0.15, 0.2) is 0 Å². The number of aryl methyl sites for hydroxylation is 1. The molecule has 2 nitrogen and oxygen atoms in total. The van der Waals surface area contributed by atoms with E-state index in [-0.39, 0.29) is 0 Å². The third-order valence-electron chi connectivity index (χ3n) is 3.42. The van der Waals surface area contributed by atoms with E-state index in [4.69, 9.17) is 5.73 Å². The molecule has 0 aromatic heterocycles. The van der Waals surface area contributed by atoms with Gasteiger partial charge < -0.3 is 11.1 Å². The summed E-state index contributed by atoms with van der Waals surface area (Å²) in [6.07, 6.45) is 0. The van der Waals surface area contributed by atoms with Crippen molar-refractivity contribution in [3.63, 3.8) is 0 Å². The molecule has 3 N–H and O–H groups in total. The van der Waals surface area contributed by atoms with Gasteiger partial charge in [0, 0.05) is 17.9 Å². The van der Waals surface area contributed by atoms with Crippen molar-refractivity contribution in [1.82, 2.24) is 0 Å². The number of hydrogen-bond acceptors (Lipinski definition) is 2. The molecule has 0 radical (unpaired) electrons. The number of nitrogen functional groups attached to an aromatic ring is 1. The highest BCUT2D eigenvalue weighted by Gasteiger charge is 2.00. The van der Waals surface area contributed by atoms with Gasteiger partial charge in [0.1, 0.15) is 0 Å². The van der Waals surface area contributed by atoms with Crippen molar-refractivity contribution in [3.05, 3.63) is 59.2 Å². The van der Waals surface area contributed by atoms with Gasteiger partial charge in [-0.3, -0.25) is 0 Å². The van der Waals surface area contributed by atoms with Crippen LogP contribution in [0, 0.1) is 6.92 Å². The Morgan fingerprint density at radius 1 is 1.05 bits per heavy atom. The summed E-state index contributed by atoms with van der Waals surface area (Å²) >= 11 is 0. The van der Waals surface area contributed by atoms with Crippen LogP contribution in [-0.2, 0) is 6.54 Å². The standard InChI is InChI=1S/C17H22N2/c1-12(2)15-7-5-14(6-8-15)11-19-16-9-4-13(3)17(18)10-16/h4-10,12,19H,11,18H2,1-3H3. The van der Waals surface area contributed by atoms with E-state index >= 15 is 0 Å². The lowest BCUT2D eigenvalue weighted by atomic mass is 10.0. The maximum absolute atomic E-state index is 5.90. The number of rotatable bonds is 4. The van der Waals surface area contributed by atoms with E-state index in [1.165, 1.54) is 11.1 Å². The first kappa shape index (κ1) is 13.5. The Balaban J connectivity index is 2.00. The van der Waals surface area contributed by atoms with Crippen LogP contribution in [0.1, 0.15) is 36.5 Å². The Labute approximate surface area is 115 Å². The molecule has 0 fully saturated rings. The summed E-state index contributed by atoms with van der Waals surface area (Å²) < 4.78 is 0. The molecule has 0 saturated carbocycles. The zero-order chi connectivity index (χ0) is 13.8. The largest absolute Gasteiger partial charge is 0.398 e. The second-order valence-electron chi connectivity index (χ2n) is 5.32. The zero-order valence-corrected chi connectivity index (χ0v) is 11.9. The van der Waals surface area contributed by atoms with E-state index in [0.717, 1.165) is 23.5 Å². The molecule has 100 valence electrons. The van der Waals surface area contributed by atoms with Crippen LogP contribution in [0.4, 0.5) is 11.4 Å². The summed E-state index contributed by atoms with van der Waals surface area (Å²) in [6, 6.07) is 14.8. The summed E-state index contributed by atoms with van der Waals surface area (Å²) in [4.78, 5) is 0. The zero-order valence-electron chi connectivity index (χ0n) is 11.9. The number of nitrogens with one attached hydrogen (secondary N) is 1. The normalized spacial score (nSPS) is 10.7. The molecule has 0 bridgehead atoms. The third-order valence-corrected chi connectivity index (χ3v) is 3.42. The molecule has 19 heavy (non-hydrogen) atoms. The summed E-state index contributed by atoms with van der Waals surface area (Å²) in [5.74, 6) is 0.582. The SMILES string of the molecule is Cc1ccc(NCc2ccc(C(C)C)cc2)cc1N. The molecule has 0 aliphatic heterocycles. The number of anilines is 2. The minimum atomic E-state index is 0.582. The van der Waals surface area contributed by atoms with Crippen LogP contribution in [0.5, 0.6) is 0 Å². The monoisotopic (exact) mass is 254 g/mol. The van der Waals surface area contributed by atoms with Crippen molar-refractivity contribution in [3.8, 4) is 0 Å². The molecule has 0 aliphatic rings. The molecular formula is C17H22N2. The fourth-order valence-corrected chi connectivity index (χ4v) is 1.97. The summed E-state index contributed by atoms with van der Waals surface area (Å²) in [7, 11) is 0. The maximum Gasteiger partial charge on any atom is 0.0400 e. The molecule has 0 atom stereocenters. The van der Waals surface area contributed by atoms with Crippen LogP contribution in [-0.4, -0.2) is 0 Å². The Hall–Kier alpha value is -1.96. The second-order valence-corrected chi connectivity index (χ2v) is 5.32. The molecular weight excluding hydrogens is 232 g/mol.